The van der Waals surface area contributed by atoms with E-state index in [1.54, 1.807) is 12.1 Å². The fourth-order valence-corrected chi connectivity index (χ4v) is 1.22. The number of nitrogens with one attached hydrogen (secondary N) is 1. The van der Waals surface area contributed by atoms with Crippen LogP contribution < -0.4 is 5.32 Å². The summed E-state index contributed by atoms with van der Waals surface area (Å²) in [6, 6.07) is 5.24. The molecule has 0 saturated carbocycles. The van der Waals surface area contributed by atoms with Crippen LogP contribution in [0.1, 0.15) is 19.4 Å². The van der Waals surface area contributed by atoms with Crippen LogP contribution in [-0.4, -0.2) is 12.2 Å². The minimum absolute atomic E-state index is 0.123. The maximum atomic E-state index is 9.23. The lowest BCUT2D eigenvalue weighted by molar-refractivity contribution is 0.441. The number of phenolic OH excluding ortho intramolecular Hbond substituents is 1. The molecule has 1 rings (SSSR count). The summed E-state index contributed by atoms with van der Waals surface area (Å²) in [6.45, 7) is 4.10. The summed E-state index contributed by atoms with van der Waals surface area (Å²) >= 11 is 5.80. The Bertz CT molecular complexity index is 310. The van der Waals surface area contributed by atoms with Crippen LogP contribution in [0.4, 0.5) is 0 Å². The fourth-order valence-electron chi connectivity index (χ4n) is 1.04. The first-order valence-electron chi connectivity index (χ1n) is 4.15. The van der Waals surface area contributed by atoms with Crippen LogP contribution >= 0.6 is 11.6 Å². The molecular weight excluding hydrogens is 186 g/mol. The fraction of sp³-hybridized carbons (Fsp3) is 0.400. The molecule has 0 aliphatic rings. The van der Waals surface area contributed by atoms with Crippen LogP contribution in [0.2, 0.25) is 5.02 Å². The molecule has 0 unspecified atom stereocenters. The van der Waals surface area contributed by atoms with Crippen LogP contribution in [0.15, 0.2) is 18.2 Å². The Balaban J connectivity index is 3.10. The van der Waals surface area contributed by atoms with Gasteiger partial charge in [0.1, 0.15) is 5.75 Å². The van der Waals surface area contributed by atoms with Crippen molar-refractivity contribution in [2.45, 2.75) is 19.4 Å². The van der Waals surface area contributed by atoms with E-state index >= 15 is 0 Å². The number of rotatable bonds is 2. The van der Waals surface area contributed by atoms with Crippen LogP contribution in [0.3, 0.4) is 0 Å². The third kappa shape index (κ3) is 2.14. The van der Waals surface area contributed by atoms with Crippen molar-refractivity contribution in [3.8, 4) is 5.75 Å². The van der Waals surface area contributed by atoms with Crippen molar-refractivity contribution >= 4 is 11.6 Å². The first-order valence-corrected chi connectivity index (χ1v) is 4.53. The van der Waals surface area contributed by atoms with Crippen molar-refractivity contribution in [1.82, 2.24) is 5.32 Å². The van der Waals surface area contributed by atoms with Gasteiger partial charge in [0.25, 0.3) is 0 Å². The number of aromatic hydroxyl groups is 1. The third-order valence-electron chi connectivity index (χ3n) is 2.29. The average molecular weight is 200 g/mol. The van der Waals surface area contributed by atoms with Gasteiger partial charge in [-0.2, -0.15) is 0 Å². The van der Waals surface area contributed by atoms with E-state index in [1.165, 1.54) is 0 Å². The van der Waals surface area contributed by atoms with Crippen molar-refractivity contribution in [3.63, 3.8) is 0 Å². The molecule has 0 aromatic heterocycles. The van der Waals surface area contributed by atoms with Crippen LogP contribution in [0.5, 0.6) is 5.75 Å². The Morgan fingerprint density at radius 3 is 2.46 bits per heavy atom. The Labute approximate surface area is 83.5 Å². The molecule has 0 amide bonds. The second kappa shape index (κ2) is 3.56. The highest BCUT2D eigenvalue weighted by Gasteiger charge is 2.18. The maximum absolute atomic E-state index is 9.23. The molecule has 13 heavy (non-hydrogen) atoms. The first kappa shape index (κ1) is 10.4. The van der Waals surface area contributed by atoms with E-state index in [0.29, 0.717) is 5.02 Å². The molecule has 0 bridgehead atoms. The monoisotopic (exact) mass is 199 g/mol. The molecule has 2 nitrogen and oxygen atoms in total. The van der Waals surface area contributed by atoms with E-state index in [4.69, 9.17) is 11.6 Å². The van der Waals surface area contributed by atoms with E-state index < -0.39 is 0 Å². The number of benzene rings is 1. The molecule has 0 atom stereocenters. The molecule has 3 heteroatoms. The smallest absolute Gasteiger partial charge is 0.134 e. The summed E-state index contributed by atoms with van der Waals surface area (Å²) in [5.74, 6) is 0.123. The van der Waals surface area contributed by atoms with Crippen molar-refractivity contribution in [3.05, 3.63) is 28.8 Å². The molecule has 72 valence electrons. The van der Waals surface area contributed by atoms with Gasteiger partial charge in [-0.15, -0.1) is 0 Å². The lowest BCUT2D eigenvalue weighted by Gasteiger charge is -2.24. The Morgan fingerprint density at radius 2 is 2.00 bits per heavy atom. The minimum Gasteiger partial charge on any atom is -0.506 e. The van der Waals surface area contributed by atoms with Crippen LogP contribution in [0.25, 0.3) is 0 Å². The zero-order chi connectivity index (χ0) is 10.1. The van der Waals surface area contributed by atoms with Gasteiger partial charge in [-0.05, 0) is 38.6 Å². The Kier molecular flexibility index (Phi) is 2.84. The van der Waals surface area contributed by atoms with Gasteiger partial charge in [0, 0.05) is 5.54 Å². The van der Waals surface area contributed by atoms with Crippen molar-refractivity contribution < 1.29 is 5.11 Å². The molecule has 0 aliphatic heterocycles. The zero-order valence-electron chi connectivity index (χ0n) is 8.06. The third-order valence-corrected chi connectivity index (χ3v) is 2.60. The molecule has 0 radical (unpaired) electrons. The van der Waals surface area contributed by atoms with Gasteiger partial charge in [0.05, 0.1) is 5.02 Å². The first-order chi connectivity index (χ1) is 5.97. The van der Waals surface area contributed by atoms with Crippen molar-refractivity contribution in [2.24, 2.45) is 0 Å². The topological polar surface area (TPSA) is 32.3 Å². The summed E-state index contributed by atoms with van der Waals surface area (Å²) in [5, 5.41) is 12.8. The second-order valence-electron chi connectivity index (χ2n) is 3.54. The molecule has 0 heterocycles. The molecule has 0 aliphatic carbocycles. The molecule has 0 spiro atoms. The van der Waals surface area contributed by atoms with Gasteiger partial charge in [-0.25, -0.2) is 0 Å². The van der Waals surface area contributed by atoms with E-state index in [2.05, 4.69) is 19.2 Å². The van der Waals surface area contributed by atoms with E-state index in [1.807, 2.05) is 13.1 Å². The predicted molar refractivity (Wildman–Crippen MR) is 55.2 cm³/mol. The highest BCUT2D eigenvalue weighted by Crippen LogP contribution is 2.28. The minimum atomic E-state index is -0.128. The largest absolute Gasteiger partial charge is 0.506 e. The normalized spacial score (nSPS) is 11.7. The number of hydrogen-bond donors (Lipinski definition) is 2. The molecular formula is C10H14ClNO. The summed E-state index contributed by atoms with van der Waals surface area (Å²) in [7, 11) is 1.89. The maximum Gasteiger partial charge on any atom is 0.134 e. The Morgan fingerprint density at radius 1 is 1.38 bits per heavy atom. The van der Waals surface area contributed by atoms with Crippen LogP contribution in [0, 0.1) is 0 Å². The van der Waals surface area contributed by atoms with E-state index in [0.717, 1.165) is 5.56 Å². The lowest BCUT2D eigenvalue weighted by Crippen LogP contribution is -2.32. The predicted octanol–water partition coefficient (Wildman–Crippen LogP) is 2.50. The van der Waals surface area contributed by atoms with E-state index in [-0.39, 0.29) is 11.3 Å². The molecule has 0 fully saturated rings. The van der Waals surface area contributed by atoms with Crippen molar-refractivity contribution in [1.29, 1.82) is 0 Å². The number of hydrogen-bond acceptors (Lipinski definition) is 2. The number of halogens is 1. The molecule has 0 saturated heterocycles. The van der Waals surface area contributed by atoms with Gasteiger partial charge >= 0.3 is 0 Å². The zero-order valence-corrected chi connectivity index (χ0v) is 8.81. The lowest BCUT2D eigenvalue weighted by atomic mass is 9.95. The molecule has 1 aromatic carbocycles. The molecule has 1 aromatic rings. The summed E-state index contributed by atoms with van der Waals surface area (Å²) in [5.41, 5.74) is 0.926. The van der Waals surface area contributed by atoms with Gasteiger partial charge in [0.15, 0.2) is 0 Å². The summed E-state index contributed by atoms with van der Waals surface area (Å²) in [4.78, 5) is 0. The highest BCUT2D eigenvalue weighted by atomic mass is 35.5. The standard InChI is InChI=1S/C10H14ClNO/c1-10(2,12-3)7-4-5-9(13)8(11)6-7/h4-6,12-13H,1-3H3. The summed E-state index contributed by atoms with van der Waals surface area (Å²) in [6.07, 6.45) is 0. The Hall–Kier alpha value is -0.730. The number of phenols is 1. The average Bonchev–Trinajstić information content (AvgIpc) is 2.09. The van der Waals surface area contributed by atoms with Gasteiger partial charge in [-0.3, -0.25) is 0 Å². The van der Waals surface area contributed by atoms with Crippen molar-refractivity contribution in [2.75, 3.05) is 7.05 Å². The SMILES string of the molecule is CNC(C)(C)c1ccc(O)c(Cl)c1. The van der Waals surface area contributed by atoms with E-state index in [9.17, 15) is 5.11 Å². The van der Waals surface area contributed by atoms with Gasteiger partial charge < -0.3 is 10.4 Å². The highest BCUT2D eigenvalue weighted by molar-refractivity contribution is 6.32. The molecule has 2 N–H and O–H groups in total. The van der Waals surface area contributed by atoms with Crippen LogP contribution in [-0.2, 0) is 5.54 Å². The second-order valence-corrected chi connectivity index (χ2v) is 3.95. The van der Waals surface area contributed by atoms with Gasteiger partial charge in [-0.1, -0.05) is 17.7 Å². The summed E-state index contributed by atoms with van der Waals surface area (Å²) < 4.78 is 0. The van der Waals surface area contributed by atoms with Gasteiger partial charge in [0.2, 0.25) is 0 Å². The quantitative estimate of drug-likeness (QED) is 0.767.